The molecule has 6 heteroatoms. The van der Waals surface area contributed by atoms with Crippen LogP contribution in [0.5, 0.6) is 0 Å². The summed E-state index contributed by atoms with van der Waals surface area (Å²) in [4.78, 5) is 37.7. The number of hydrogen-bond acceptors (Lipinski definition) is 4. The van der Waals surface area contributed by atoms with Crippen LogP contribution in [0, 0.1) is 5.41 Å². The van der Waals surface area contributed by atoms with E-state index in [4.69, 9.17) is 5.73 Å². The number of nitrogens with two attached hydrogens (primary N) is 1. The van der Waals surface area contributed by atoms with E-state index in [-0.39, 0.29) is 19.5 Å². The summed E-state index contributed by atoms with van der Waals surface area (Å²) in [7, 11) is 1.38. The van der Waals surface area contributed by atoms with Gasteiger partial charge in [-0.15, -0.1) is 0 Å². The van der Waals surface area contributed by atoms with E-state index in [1.807, 2.05) is 0 Å². The lowest BCUT2D eigenvalue weighted by molar-refractivity contribution is -0.156. The minimum Gasteiger partial charge on any atom is -0.330 e. The lowest BCUT2D eigenvalue weighted by Crippen LogP contribution is -2.63. The molecule has 0 bridgehead atoms. The van der Waals surface area contributed by atoms with Gasteiger partial charge in [-0.2, -0.15) is 0 Å². The van der Waals surface area contributed by atoms with Gasteiger partial charge in [-0.05, 0) is 26.8 Å². The molecule has 1 unspecified atom stereocenters. The first-order chi connectivity index (χ1) is 7.40. The van der Waals surface area contributed by atoms with Crippen molar-refractivity contribution in [2.75, 3.05) is 20.1 Å². The predicted molar refractivity (Wildman–Crippen MR) is 57.3 cm³/mol. The highest BCUT2D eigenvalue weighted by Crippen LogP contribution is 2.31. The number of rotatable bonds is 3. The van der Waals surface area contributed by atoms with Crippen LogP contribution in [0.3, 0.4) is 0 Å². The third-order valence-electron chi connectivity index (χ3n) is 2.97. The summed E-state index contributed by atoms with van der Waals surface area (Å²) in [6.45, 7) is 3.72. The third-order valence-corrected chi connectivity index (χ3v) is 2.97. The van der Waals surface area contributed by atoms with Crippen molar-refractivity contribution in [2.24, 2.45) is 11.1 Å². The zero-order valence-corrected chi connectivity index (χ0v) is 9.82. The summed E-state index contributed by atoms with van der Waals surface area (Å²) in [6.07, 6.45) is 0.249. The van der Waals surface area contributed by atoms with E-state index in [1.54, 1.807) is 6.92 Å². The first kappa shape index (κ1) is 12.6. The average Bonchev–Trinajstić information content (AvgIpc) is 2.26. The molecule has 0 spiro atoms. The van der Waals surface area contributed by atoms with Crippen LogP contribution in [0.25, 0.3) is 0 Å². The second-order valence-electron chi connectivity index (χ2n) is 4.07. The molecule has 16 heavy (non-hydrogen) atoms. The van der Waals surface area contributed by atoms with Gasteiger partial charge in [-0.1, -0.05) is 0 Å². The molecule has 1 atom stereocenters. The van der Waals surface area contributed by atoms with E-state index in [0.717, 1.165) is 9.80 Å². The third kappa shape index (κ3) is 1.59. The standard InChI is InChI=1S/C10H17N3O3/c1-4-13-8(15)10(2,5-6-11)7(14)12(3)9(13)16/h4-6,11H2,1-3H3. The lowest BCUT2D eigenvalue weighted by atomic mass is 9.82. The smallest absolute Gasteiger partial charge is 0.330 e. The van der Waals surface area contributed by atoms with E-state index >= 15 is 0 Å². The van der Waals surface area contributed by atoms with Gasteiger partial charge in [-0.3, -0.25) is 19.4 Å². The lowest BCUT2D eigenvalue weighted by Gasteiger charge is -2.40. The summed E-state index contributed by atoms with van der Waals surface area (Å²) in [5.41, 5.74) is 4.21. The van der Waals surface area contributed by atoms with Gasteiger partial charge < -0.3 is 5.73 Å². The van der Waals surface area contributed by atoms with Crippen LogP contribution in [0.4, 0.5) is 4.79 Å². The molecule has 1 heterocycles. The van der Waals surface area contributed by atoms with Gasteiger partial charge in [-0.25, -0.2) is 4.79 Å². The Hall–Kier alpha value is -1.43. The molecule has 1 saturated heterocycles. The number of carbonyl (C=O) groups is 3. The van der Waals surface area contributed by atoms with E-state index in [0.29, 0.717) is 0 Å². The quantitative estimate of drug-likeness (QED) is 0.676. The van der Waals surface area contributed by atoms with Crippen LogP contribution < -0.4 is 5.73 Å². The molecule has 4 amide bonds. The first-order valence-corrected chi connectivity index (χ1v) is 5.24. The number of barbiturate groups is 1. The Bertz CT molecular complexity index is 342. The summed E-state index contributed by atoms with van der Waals surface area (Å²) in [6, 6.07) is -0.563. The minimum absolute atomic E-state index is 0.230. The molecule has 1 aliphatic heterocycles. The summed E-state index contributed by atoms with van der Waals surface area (Å²) in [5, 5.41) is 0. The fourth-order valence-corrected chi connectivity index (χ4v) is 1.90. The van der Waals surface area contributed by atoms with Crippen molar-refractivity contribution in [3.8, 4) is 0 Å². The average molecular weight is 227 g/mol. The topological polar surface area (TPSA) is 83.7 Å². The Morgan fingerprint density at radius 2 is 1.81 bits per heavy atom. The largest absolute Gasteiger partial charge is 0.333 e. The van der Waals surface area contributed by atoms with Gasteiger partial charge in [0, 0.05) is 13.6 Å². The highest BCUT2D eigenvalue weighted by molar-refractivity contribution is 6.18. The van der Waals surface area contributed by atoms with Crippen molar-refractivity contribution >= 4 is 17.8 Å². The van der Waals surface area contributed by atoms with Crippen LogP contribution in [0.15, 0.2) is 0 Å². The molecule has 1 aliphatic rings. The molecule has 0 radical (unpaired) electrons. The highest BCUT2D eigenvalue weighted by atomic mass is 16.2. The number of nitrogens with zero attached hydrogens (tertiary/aromatic N) is 2. The molecular weight excluding hydrogens is 210 g/mol. The van der Waals surface area contributed by atoms with E-state index in [1.165, 1.54) is 14.0 Å². The molecule has 0 aromatic heterocycles. The molecule has 6 nitrogen and oxygen atoms in total. The van der Waals surface area contributed by atoms with Gasteiger partial charge in [0.2, 0.25) is 11.8 Å². The molecule has 0 saturated carbocycles. The maximum absolute atomic E-state index is 12.0. The van der Waals surface area contributed by atoms with Crippen LogP contribution in [-0.4, -0.2) is 47.8 Å². The fraction of sp³-hybridized carbons (Fsp3) is 0.700. The Morgan fingerprint density at radius 1 is 1.25 bits per heavy atom. The molecule has 90 valence electrons. The Labute approximate surface area is 94.4 Å². The second-order valence-corrected chi connectivity index (χ2v) is 4.07. The van der Waals surface area contributed by atoms with Crippen molar-refractivity contribution in [1.82, 2.24) is 9.80 Å². The molecule has 0 aromatic carbocycles. The predicted octanol–water partition coefficient (Wildman–Crippen LogP) is -0.218. The van der Waals surface area contributed by atoms with Gasteiger partial charge in [0.05, 0.1) is 0 Å². The van der Waals surface area contributed by atoms with Crippen LogP contribution >= 0.6 is 0 Å². The fourth-order valence-electron chi connectivity index (χ4n) is 1.90. The van der Waals surface area contributed by atoms with Crippen LogP contribution in [0.2, 0.25) is 0 Å². The van der Waals surface area contributed by atoms with Crippen LogP contribution in [-0.2, 0) is 9.59 Å². The number of hydrogen-bond donors (Lipinski definition) is 1. The monoisotopic (exact) mass is 227 g/mol. The van der Waals surface area contributed by atoms with Gasteiger partial charge >= 0.3 is 6.03 Å². The van der Waals surface area contributed by atoms with Crippen molar-refractivity contribution in [3.63, 3.8) is 0 Å². The Morgan fingerprint density at radius 3 is 2.25 bits per heavy atom. The van der Waals surface area contributed by atoms with E-state index in [2.05, 4.69) is 0 Å². The van der Waals surface area contributed by atoms with Gasteiger partial charge in [0.15, 0.2) is 0 Å². The maximum atomic E-state index is 12.0. The maximum Gasteiger partial charge on any atom is 0.333 e. The number of imide groups is 2. The van der Waals surface area contributed by atoms with Crippen LogP contribution in [0.1, 0.15) is 20.3 Å². The SMILES string of the molecule is CCN1C(=O)N(C)C(=O)C(C)(CCN)C1=O. The molecule has 1 fully saturated rings. The van der Waals surface area contributed by atoms with Crippen molar-refractivity contribution in [2.45, 2.75) is 20.3 Å². The summed E-state index contributed by atoms with van der Waals surface area (Å²) in [5.74, 6) is -0.925. The van der Waals surface area contributed by atoms with E-state index < -0.39 is 23.3 Å². The molecule has 1 rings (SSSR count). The summed E-state index contributed by atoms with van der Waals surface area (Å²) >= 11 is 0. The minimum atomic E-state index is -1.20. The second kappa shape index (κ2) is 4.21. The normalized spacial score (nSPS) is 26.6. The van der Waals surface area contributed by atoms with Crippen molar-refractivity contribution in [3.05, 3.63) is 0 Å². The van der Waals surface area contributed by atoms with Gasteiger partial charge in [0.1, 0.15) is 5.41 Å². The van der Waals surface area contributed by atoms with E-state index in [9.17, 15) is 14.4 Å². The highest BCUT2D eigenvalue weighted by Gasteiger charge is 2.52. The van der Waals surface area contributed by atoms with Crippen molar-refractivity contribution < 1.29 is 14.4 Å². The Kier molecular flexibility index (Phi) is 3.32. The molecule has 2 N–H and O–H groups in total. The molecule has 0 aromatic rings. The van der Waals surface area contributed by atoms with Gasteiger partial charge in [0.25, 0.3) is 0 Å². The zero-order valence-electron chi connectivity index (χ0n) is 9.82. The molecule has 0 aliphatic carbocycles. The summed E-state index contributed by atoms with van der Waals surface area (Å²) < 4.78 is 0. The van der Waals surface area contributed by atoms with Crippen molar-refractivity contribution in [1.29, 1.82) is 0 Å². The number of carbonyl (C=O) groups excluding carboxylic acids is 3. The number of amides is 4. The number of urea groups is 1. The molecular formula is C10H17N3O3. The first-order valence-electron chi connectivity index (χ1n) is 5.24. The zero-order chi connectivity index (χ0) is 12.5. The Balaban J connectivity index is 3.15.